The van der Waals surface area contributed by atoms with Gasteiger partial charge in [-0.05, 0) is 56.5 Å². The molecular formula is C25H30N6O. The molecule has 1 aliphatic heterocycles. The second kappa shape index (κ2) is 8.30. The number of benzene rings is 1. The molecule has 1 saturated heterocycles. The number of aromatic nitrogens is 4. The molecule has 3 aromatic heterocycles. The second-order valence-corrected chi connectivity index (χ2v) is 8.57. The van der Waals surface area contributed by atoms with E-state index in [0.29, 0.717) is 17.4 Å². The minimum Gasteiger partial charge on any atom is -0.461 e. The van der Waals surface area contributed by atoms with Gasteiger partial charge in [0.1, 0.15) is 5.82 Å². The summed E-state index contributed by atoms with van der Waals surface area (Å²) >= 11 is 0. The molecule has 0 unspecified atom stereocenters. The maximum Gasteiger partial charge on any atom is 0.255 e. The molecule has 0 amide bonds. The summed E-state index contributed by atoms with van der Waals surface area (Å²) in [5.41, 5.74) is 6.35. The first-order valence-electron chi connectivity index (χ1n) is 11.4. The van der Waals surface area contributed by atoms with E-state index in [0.717, 1.165) is 50.5 Å². The van der Waals surface area contributed by atoms with Gasteiger partial charge < -0.3 is 14.2 Å². The third kappa shape index (κ3) is 3.51. The fraction of sp³-hybridized carbons (Fsp3) is 0.400. The normalized spacial score (nSPS) is 14.5. The molecule has 1 aromatic carbocycles. The van der Waals surface area contributed by atoms with Gasteiger partial charge in [-0.15, -0.1) is 5.10 Å². The SMILES string of the molecule is CCCc1c(C)nc2nc(-c3ccco3)nn2c1N1CCN(c2cccc(C)c2C)CC1. The van der Waals surface area contributed by atoms with Crippen molar-refractivity contribution in [2.75, 3.05) is 36.0 Å². The Hall–Kier alpha value is -3.35. The van der Waals surface area contributed by atoms with Gasteiger partial charge in [0.05, 0.1) is 6.26 Å². The average molecular weight is 431 g/mol. The summed E-state index contributed by atoms with van der Waals surface area (Å²) in [6, 6.07) is 10.3. The molecule has 5 rings (SSSR count). The highest BCUT2D eigenvalue weighted by Crippen LogP contribution is 2.30. The number of anilines is 2. The highest BCUT2D eigenvalue weighted by Gasteiger charge is 2.26. The predicted molar refractivity (Wildman–Crippen MR) is 128 cm³/mol. The summed E-state index contributed by atoms with van der Waals surface area (Å²) in [4.78, 5) is 14.4. The highest BCUT2D eigenvalue weighted by molar-refractivity contribution is 5.61. The molecule has 7 heteroatoms. The summed E-state index contributed by atoms with van der Waals surface area (Å²) in [6.45, 7) is 12.5. The molecule has 0 N–H and O–H groups in total. The van der Waals surface area contributed by atoms with Crippen LogP contribution in [0.1, 0.15) is 35.7 Å². The number of fused-ring (bicyclic) bond motifs is 1. The smallest absolute Gasteiger partial charge is 0.255 e. The van der Waals surface area contributed by atoms with Crippen LogP contribution in [0.5, 0.6) is 0 Å². The van der Waals surface area contributed by atoms with Gasteiger partial charge in [-0.2, -0.15) is 9.50 Å². The zero-order chi connectivity index (χ0) is 22.2. The zero-order valence-corrected chi connectivity index (χ0v) is 19.3. The quantitative estimate of drug-likeness (QED) is 0.462. The molecule has 0 spiro atoms. The van der Waals surface area contributed by atoms with Gasteiger partial charge in [0.15, 0.2) is 5.76 Å². The molecule has 32 heavy (non-hydrogen) atoms. The number of furan rings is 1. The third-order valence-corrected chi connectivity index (χ3v) is 6.50. The van der Waals surface area contributed by atoms with Crippen LogP contribution in [0.25, 0.3) is 17.4 Å². The topological polar surface area (TPSA) is 62.7 Å². The highest BCUT2D eigenvalue weighted by atomic mass is 16.3. The lowest BCUT2D eigenvalue weighted by Crippen LogP contribution is -2.47. The Morgan fingerprint density at radius 1 is 0.938 bits per heavy atom. The Labute approximate surface area is 188 Å². The Balaban J connectivity index is 1.51. The van der Waals surface area contributed by atoms with Crippen LogP contribution >= 0.6 is 0 Å². The van der Waals surface area contributed by atoms with Crippen molar-refractivity contribution < 1.29 is 4.42 Å². The van der Waals surface area contributed by atoms with Gasteiger partial charge in [-0.3, -0.25) is 0 Å². The number of hydrogen-bond donors (Lipinski definition) is 0. The Morgan fingerprint density at radius 3 is 2.44 bits per heavy atom. The van der Waals surface area contributed by atoms with E-state index in [2.05, 4.69) is 60.7 Å². The number of rotatable bonds is 5. The van der Waals surface area contributed by atoms with Crippen molar-refractivity contribution in [3.63, 3.8) is 0 Å². The monoisotopic (exact) mass is 430 g/mol. The molecule has 0 bridgehead atoms. The lowest BCUT2D eigenvalue weighted by molar-refractivity contribution is 0.577. The minimum absolute atomic E-state index is 0.575. The molecular weight excluding hydrogens is 400 g/mol. The molecule has 0 aliphatic carbocycles. The molecule has 1 aliphatic rings. The largest absolute Gasteiger partial charge is 0.461 e. The van der Waals surface area contributed by atoms with Crippen LogP contribution in [-0.4, -0.2) is 45.8 Å². The summed E-state index contributed by atoms with van der Waals surface area (Å²) < 4.78 is 7.46. The van der Waals surface area contributed by atoms with Crippen LogP contribution in [0.15, 0.2) is 41.0 Å². The Kier molecular flexibility index (Phi) is 5.33. The van der Waals surface area contributed by atoms with E-state index in [4.69, 9.17) is 14.5 Å². The van der Waals surface area contributed by atoms with Crippen LogP contribution in [0, 0.1) is 20.8 Å². The zero-order valence-electron chi connectivity index (χ0n) is 19.3. The lowest BCUT2D eigenvalue weighted by Gasteiger charge is -2.38. The molecule has 4 aromatic rings. The average Bonchev–Trinajstić information content (AvgIpc) is 3.46. The van der Waals surface area contributed by atoms with Crippen LogP contribution in [0.4, 0.5) is 11.5 Å². The maximum absolute atomic E-state index is 5.54. The van der Waals surface area contributed by atoms with Gasteiger partial charge in [-0.25, -0.2) is 4.98 Å². The fourth-order valence-electron chi connectivity index (χ4n) is 4.64. The van der Waals surface area contributed by atoms with Crippen molar-refractivity contribution >= 4 is 17.3 Å². The molecule has 7 nitrogen and oxygen atoms in total. The summed E-state index contributed by atoms with van der Waals surface area (Å²) in [7, 11) is 0. The summed E-state index contributed by atoms with van der Waals surface area (Å²) in [5, 5.41) is 4.81. The van der Waals surface area contributed by atoms with Crippen molar-refractivity contribution in [1.82, 2.24) is 19.6 Å². The van der Waals surface area contributed by atoms with E-state index in [1.807, 2.05) is 16.6 Å². The molecule has 1 fully saturated rings. The minimum atomic E-state index is 0.575. The van der Waals surface area contributed by atoms with E-state index in [9.17, 15) is 0 Å². The van der Waals surface area contributed by atoms with E-state index in [-0.39, 0.29) is 0 Å². The van der Waals surface area contributed by atoms with Gasteiger partial charge in [-0.1, -0.05) is 25.5 Å². The molecule has 4 heterocycles. The first kappa shape index (κ1) is 20.5. The summed E-state index contributed by atoms with van der Waals surface area (Å²) in [5.74, 6) is 2.99. The van der Waals surface area contributed by atoms with Crippen molar-refractivity contribution in [3.8, 4) is 11.6 Å². The van der Waals surface area contributed by atoms with Gasteiger partial charge in [0.2, 0.25) is 5.82 Å². The van der Waals surface area contributed by atoms with Crippen molar-refractivity contribution in [1.29, 1.82) is 0 Å². The standard InChI is InChI=1S/C25H30N6O/c1-5-8-20-19(4)26-25-27-23(22-11-7-16-32-22)28-31(25)24(20)30-14-12-29(13-15-30)21-10-6-9-17(2)18(21)3/h6-7,9-11,16H,5,8,12-15H2,1-4H3. The Bertz CT molecular complexity index is 1240. The van der Waals surface area contributed by atoms with Crippen LogP contribution in [0.3, 0.4) is 0 Å². The van der Waals surface area contributed by atoms with Crippen LogP contribution in [-0.2, 0) is 6.42 Å². The van der Waals surface area contributed by atoms with Crippen LogP contribution in [0.2, 0.25) is 0 Å². The molecule has 166 valence electrons. The van der Waals surface area contributed by atoms with Crippen molar-refractivity contribution in [2.24, 2.45) is 0 Å². The van der Waals surface area contributed by atoms with Gasteiger partial charge in [0.25, 0.3) is 5.78 Å². The number of hydrogen-bond acceptors (Lipinski definition) is 6. The van der Waals surface area contributed by atoms with E-state index in [1.165, 1.54) is 22.4 Å². The number of nitrogens with zero attached hydrogens (tertiary/aromatic N) is 6. The fourth-order valence-corrected chi connectivity index (χ4v) is 4.64. The Morgan fingerprint density at radius 2 is 1.72 bits per heavy atom. The predicted octanol–water partition coefficient (Wildman–Crippen LogP) is 4.59. The van der Waals surface area contributed by atoms with Gasteiger partial charge in [0, 0.05) is 43.1 Å². The van der Waals surface area contributed by atoms with Gasteiger partial charge >= 0.3 is 0 Å². The van der Waals surface area contributed by atoms with E-state index >= 15 is 0 Å². The second-order valence-electron chi connectivity index (χ2n) is 8.57. The first-order chi connectivity index (χ1) is 15.6. The molecule has 0 atom stereocenters. The molecule has 0 radical (unpaired) electrons. The summed E-state index contributed by atoms with van der Waals surface area (Å²) in [6.07, 6.45) is 3.68. The van der Waals surface area contributed by atoms with Crippen molar-refractivity contribution in [3.05, 3.63) is 59.0 Å². The van der Waals surface area contributed by atoms with Crippen molar-refractivity contribution in [2.45, 2.75) is 40.5 Å². The maximum atomic E-state index is 5.54. The van der Waals surface area contributed by atoms with E-state index in [1.54, 1.807) is 6.26 Å². The third-order valence-electron chi connectivity index (χ3n) is 6.50. The molecule has 0 saturated carbocycles. The van der Waals surface area contributed by atoms with Crippen LogP contribution < -0.4 is 9.80 Å². The van der Waals surface area contributed by atoms with E-state index < -0.39 is 0 Å². The first-order valence-corrected chi connectivity index (χ1v) is 11.4. The lowest BCUT2D eigenvalue weighted by atomic mass is 10.1. The number of aryl methyl sites for hydroxylation is 2. The number of piperazine rings is 1.